The maximum absolute atomic E-state index is 12.4. The normalized spacial score (nSPS) is 17.7. The van der Waals surface area contributed by atoms with Gasteiger partial charge in [-0.1, -0.05) is 18.2 Å². The van der Waals surface area contributed by atoms with E-state index in [-0.39, 0.29) is 11.4 Å². The molecule has 3 rings (SSSR count). The highest BCUT2D eigenvalue weighted by Crippen LogP contribution is 2.30. The SMILES string of the molecule is COc1cc(C(=O)NC2C=CS(=O)(=O)C2)[n+]([O-])cc1-c1ccc(C)c(C)c1. The number of carbonyl (C=O) groups excluding carboxylic acids is 1. The third-order valence-electron chi connectivity index (χ3n) is 4.53. The Morgan fingerprint density at radius 3 is 2.59 bits per heavy atom. The number of hydrogen-bond donors (Lipinski definition) is 1. The number of aryl methyl sites for hydroxylation is 2. The minimum atomic E-state index is -3.30. The number of benzene rings is 1. The van der Waals surface area contributed by atoms with Crippen molar-refractivity contribution >= 4 is 15.7 Å². The quantitative estimate of drug-likeness (QED) is 0.634. The highest BCUT2D eigenvalue weighted by molar-refractivity contribution is 7.94. The van der Waals surface area contributed by atoms with Gasteiger partial charge in [0.05, 0.1) is 30.5 Å². The predicted octanol–water partition coefficient (Wildman–Crippen LogP) is 1.65. The van der Waals surface area contributed by atoms with Crippen molar-refractivity contribution in [2.45, 2.75) is 19.9 Å². The number of hydrogen-bond acceptors (Lipinski definition) is 5. The van der Waals surface area contributed by atoms with E-state index in [1.807, 2.05) is 32.0 Å². The van der Waals surface area contributed by atoms with Crippen LogP contribution in [0.5, 0.6) is 5.75 Å². The van der Waals surface area contributed by atoms with Crippen LogP contribution in [0.2, 0.25) is 0 Å². The highest BCUT2D eigenvalue weighted by Gasteiger charge is 2.27. The van der Waals surface area contributed by atoms with Gasteiger partial charge in [-0.2, -0.15) is 4.73 Å². The van der Waals surface area contributed by atoms with Crippen LogP contribution in [0.4, 0.5) is 0 Å². The van der Waals surface area contributed by atoms with Gasteiger partial charge in [0.15, 0.2) is 16.0 Å². The molecule has 1 unspecified atom stereocenters. The zero-order chi connectivity index (χ0) is 19.8. The number of amides is 1. The van der Waals surface area contributed by atoms with E-state index in [2.05, 4.69) is 5.32 Å². The second-order valence-corrected chi connectivity index (χ2v) is 8.43. The fraction of sp³-hybridized carbons (Fsp3) is 0.263. The van der Waals surface area contributed by atoms with Gasteiger partial charge in [0.1, 0.15) is 5.75 Å². The summed E-state index contributed by atoms with van der Waals surface area (Å²) in [6.07, 6.45) is 2.68. The van der Waals surface area contributed by atoms with Crippen molar-refractivity contribution in [3.8, 4) is 16.9 Å². The summed E-state index contributed by atoms with van der Waals surface area (Å²) in [5, 5.41) is 16.0. The number of carbonyl (C=O) groups is 1. The number of rotatable bonds is 4. The van der Waals surface area contributed by atoms with Crippen LogP contribution in [-0.2, 0) is 9.84 Å². The van der Waals surface area contributed by atoms with E-state index >= 15 is 0 Å². The minimum Gasteiger partial charge on any atom is -0.618 e. The van der Waals surface area contributed by atoms with Gasteiger partial charge in [-0.25, -0.2) is 8.42 Å². The third kappa shape index (κ3) is 3.95. The van der Waals surface area contributed by atoms with E-state index in [1.165, 1.54) is 25.4 Å². The molecule has 0 fully saturated rings. The lowest BCUT2D eigenvalue weighted by Crippen LogP contribution is -2.43. The second kappa shape index (κ2) is 7.03. The fourth-order valence-corrected chi connectivity index (χ4v) is 4.12. The first-order valence-corrected chi connectivity index (χ1v) is 10.0. The Morgan fingerprint density at radius 2 is 2.00 bits per heavy atom. The molecule has 2 aromatic rings. The van der Waals surface area contributed by atoms with Gasteiger partial charge in [-0.3, -0.25) is 4.79 Å². The van der Waals surface area contributed by atoms with Gasteiger partial charge >= 0.3 is 5.91 Å². The maximum Gasteiger partial charge on any atom is 0.318 e. The van der Waals surface area contributed by atoms with Gasteiger partial charge < -0.3 is 15.3 Å². The number of pyridine rings is 1. The Balaban J connectivity index is 1.93. The second-order valence-electron chi connectivity index (χ2n) is 6.50. The molecular weight excluding hydrogens is 368 g/mol. The Labute approximate surface area is 157 Å². The third-order valence-corrected chi connectivity index (χ3v) is 5.93. The molecular formula is C19H20N2O5S. The Bertz CT molecular complexity index is 1040. The lowest BCUT2D eigenvalue weighted by Gasteiger charge is -2.14. The summed E-state index contributed by atoms with van der Waals surface area (Å²) in [6, 6.07) is 6.48. The monoisotopic (exact) mass is 388 g/mol. The molecule has 1 amide bonds. The zero-order valence-electron chi connectivity index (χ0n) is 15.2. The first kappa shape index (κ1) is 18.9. The molecule has 142 valence electrons. The molecule has 1 N–H and O–H groups in total. The summed E-state index contributed by atoms with van der Waals surface area (Å²) in [6.45, 7) is 3.97. The molecule has 1 aromatic heterocycles. The summed E-state index contributed by atoms with van der Waals surface area (Å²) < 4.78 is 28.8. The number of sulfone groups is 1. The Morgan fingerprint density at radius 1 is 1.26 bits per heavy atom. The molecule has 0 spiro atoms. The maximum atomic E-state index is 12.4. The number of nitrogens with zero attached hydrogens (tertiary/aromatic N) is 1. The number of aromatic nitrogens is 1. The zero-order valence-corrected chi connectivity index (χ0v) is 16.0. The topological polar surface area (TPSA) is 99.4 Å². The van der Waals surface area contributed by atoms with Gasteiger partial charge in [0, 0.05) is 5.41 Å². The van der Waals surface area contributed by atoms with Gasteiger partial charge in [-0.15, -0.1) is 0 Å². The molecule has 1 atom stereocenters. The number of methoxy groups -OCH3 is 1. The van der Waals surface area contributed by atoms with Crippen LogP contribution in [0.25, 0.3) is 11.1 Å². The molecule has 8 heteroatoms. The predicted molar refractivity (Wildman–Crippen MR) is 101 cm³/mol. The van der Waals surface area contributed by atoms with E-state index in [4.69, 9.17) is 4.74 Å². The average Bonchev–Trinajstić information content (AvgIpc) is 2.95. The van der Waals surface area contributed by atoms with Crippen LogP contribution in [0.1, 0.15) is 21.6 Å². The van der Waals surface area contributed by atoms with E-state index in [0.29, 0.717) is 16.0 Å². The van der Waals surface area contributed by atoms with Crippen LogP contribution < -0.4 is 14.8 Å². The molecule has 0 saturated carbocycles. The first-order valence-electron chi connectivity index (χ1n) is 8.31. The molecule has 27 heavy (non-hydrogen) atoms. The molecule has 2 heterocycles. The van der Waals surface area contributed by atoms with E-state index < -0.39 is 21.8 Å². The van der Waals surface area contributed by atoms with Crippen LogP contribution >= 0.6 is 0 Å². The molecule has 1 aliphatic heterocycles. The lowest BCUT2D eigenvalue weighted by atomic mass is 10.0. The summed E-state index contributed by atoms with van der Waals surface area (Å²) in [5.74, 6) is -0.498. The summed E-state index contributed by atoms with van der Waals surface area (Å²) >= 11 is 0. The standard InChI is InChI=1S/C19H20N2O5S/c1-12-4-5-14(8-13(12)2)16-10-21(23)17(9-18(16)26-3)19(22)20-15-6-7-27(24,25)11-15/h4-10,15H,11H2,1-3H3,(H,20,22). The van der Waals surface area contributed by atoms with Crippen LogP contribution in [0.3, 0.4) is 0 Å². The van der Waals surface area contributed by atoms with Crippen molar-refractivity contribution in [3.05, 3.63) is 64.0 Å². The van der Waals surface area contributed by atoms with Crippen molar-refractivity contribution in [2.24, 2.45) is 0 Å². The lowest BCUT2D eigenvalue weighted by molar-refractivity contribution is -0.607. The molecule has 1 aliphatic rings. The van der Waals surface area contributed by atoms with Crippen molar-refractivity contribution in [1.29, 1.82) is 0 Å². The van der Waals surface area contributed by atoms with Crippen LogP contribution in [-0.4, -0.2) is 33.2 Å². The van der Waals surface area contributed by atoms with Crippen molar-refractivity contribution in [1.82, 2.24) is 5.32 Å². The van der Waals surface area contributed by atoms with Gasteiger partial charge in [-0.05, 0) is 36.6 Å². The fourth-order valence-electron chi connectivity index (χ4n) is 2.88. The van der Waals surface area contributed by atoms with Crippen molar-refractivity contribution in [3.63, 3.8) is 0 Å². The molecule has 1 aromatic carbocycles. The molecule has 0 saturated heterocycles. The summed E-state index contributed by atoms with van der Waals surface area (Å²) in [4.78, 5) is 12.4. The van der Waals surface area contributed by atoms with E-state index in [9.17, 15) is 18.4 Å². The average molecular weight is 388 g/mol. The molecule has 0 radical (unpaired) electrons. The van der Waals surface area contributed by atoms with E-state index in [0.717, 1.165) is 22.1 Å². The highest BCUT2D eigenvalue weighted by atomic mass is 32.2. The number of ether oxygens (including phenoxy) is 1. The first-order chi connectivity index (χ1) is 12.7. The Hall–Kier alpha value is -2.87. The van der Waals surface area contributed by atoms with Crippen LogP contribution in [0, 0.1) is 19.1 Å². The molecule has 0 bridgehead atoms. The van der Waals surface area contributed by atoms with Crippen molar-refractivity contribution < 1.29 is 22.7 Å². The number of nitrogens with one attached hydrogen (secondary N) is 1. The van der Waals surface area contributed by atoms with Crippen LogP contribution in [0.15, 0.2) is 41.9 Å². The molecule has 0 aliphatic carbocycles. The largest absolute Gasteiger partial charge is 0.618 e. The summed E-state index contributed by atoms with van der Waals surface area (Å²) in [5.41, 5.74) is 3.40. The Kier molecular flexibility index (Phi) is 4.93. The smallest absolute Gasteiger partial charge is 0.318 e. The van der Waals surface area contributed by atoms with Gasteiger partial charge in [0.25, 0.3) is 5.69 Å². The van der Waals surface area contributed by atoms with Gasteiger partial charge in [0.2, 0.25) is 0 Å². The minimum absolute atomic E-state index is 0.169. The van der Waals surface area contributed by atoms with E-state index in [1.54, 1.807) is 0 Å². The summed E-state index contributed by atoms with van der Waals surface area (Å²) in [7, 11) is -1.84. The van der Waals surface area contributed by atoms with Crippen molar-refractivity contribution in [2.75, 3.05) is 12.9 Å². The molecule has 7 nitrogen and oxygen atoms in total.